The molecule has 5 heteroatoms. The minimum atomic E-state index is -0.413. The molecule has 0 bridgehead atoms. The van der Waals surface area contributed by atoms with Crippen LogP contribution < -0.4 is 4.74 Å². The Morgan fingerprint density at radius 3 is 2.87 bits per heavy atom. The molecule has 1 N–H and O–H groups in total. The standard InChI is InChI=1S/C10H13NO4/c1-2-14-10(13)7-15-9-4-3-8(6-12)11-5-9/h3-5,12H,2,6-7H2,1H3. The summed E-state index contributed by atoms with van der Waals surface area (Å²) < 4.78 is 9.79. The average Bonchev–Trinajstić information content (AvgIpc) is 2.27. The molecule has 5 nitrogen and oxygen atoms in total. The molecule has 0 aliphatic heterocycles. The number of rotatable bonds is 5. The second-order valence-electron chi connectivity index (χ2n) is 2.74. The number of aliphatic hydroxyl groups is 1. The van der Waals surface area contributed by atoms with Crippen molar-refractivity contribution in [2.75, 3.05) is 13.2 Å². The summed E-state index contributed by atoms with van der Waals surface area (Å²) >= 11 is 0. The van der Waals surface area contributed by atoms with Gasteiger partial charge in [0.15, 0.2) is 6.61 Å². The van der Waals surface area contributed by atoms with Crippen molar-refractivity contribution in [2.45, 2.75) is 13.5 Å². The fraction of sp³-hybridized carbons (Fsp3) is 0.400. The Hall–Kier alpha value is -1.62. The average molecular weight is 211 g/mol. The van der Waals surface area contributed by atoms with Gasteiger partial charge in [-0.15, -0.1) is 0 Å². The zero-order valence-electron chi connectivity index (χ0n) is 8.47. The van der Waals surface area contributed by atoms with E-state index in [1.165, 1.54) is 6.20 Å². The second-order valence-corrected chi connectivity index (χ2v) is 2.74. The molecule has 1 rings (SSSR count). The summed E-state index contributed by atoms with van der Waals surface area (Å²) in [7, 11) is 0. The van der Waals surface area contributed by atoms with Gasteiger partial charge in [-0.2, -0.15) is 0 Å². The number of hydrogen-bond donors (Lipinski definition) is 1. The van der Waals surface area contributed by atoms with Gasteiger partial charge in [-0.1, -0.05) is 0 Å². The highest BCUT2D eigenvalue weighted by molar-refractivity contribution is 5.71. The Kier molecular flexibility index (Phi) is 4.56. The zero-order chi connectivity index (χ0) is 11.1. The van der Waals surface area contributed by atoms with Crippen LogP contribution in [0.3, 0.4) is 0 Å². The van der Waals surface area contributed by atoms with Crippen LogP contribution >= 0.6 is 0 Å². The van der Waals surface area contributed by atoms with Crippen molar-refractivity contribution in [3.8, 4) is 5.75 Å². The number of aromatic nitrogens is 1. The quantitative estimate of drug-likeness (QED) is 0.719. The highest BCUT2D eigenvalue weighted by atomic mass is 16.6. The van der Waals surface area contributed by atoms with Crippen LogP contribution in [0, 0.1) is 0 Å². The van der Waals surface area contributed by atoms with E-state index in [0.29, 0.717) is 18.1 Å². The summed E-state index contributed by atoms with van der Waals surface area (Å²) in [5, 5.41) is 8.74. The molecule has 1 aromatic rings. The summed E-state index contributed by atoms with van der Waals surface area (Å²) in [6, 6.07) is 3.26. The molecule has 0 spiro atoms. The Morgan fingerprint density at radius 1 is 1.53 bits per heavy atom. The van der Waals surface area contributed by atoms with Crippen LogP contribution in [-0.2, 0) is 16.1 Å². The maximum absolute atomic E-state index is 10.9. The number of pyridine rings is 1. The molecular weight excluding hydrogens is 198 g/mol. The van der Waals surface area contributed by atoms with Gasteiger partial charge in [-0.25, -0.2) is 4.79 Å². The fourth-order valence-electron chi connectivity index (χ4n) is 0.935. The van der Waals surface area contributed by atoms with Gasteiger partial charge in [0, 0.05) is 0 Å². The molecular formula is C10H13NO4. The number of ether oxygens (including phenoxy) is 2. The Labute approximate surface area is 87.7 Å². The van der Waals surface area contributed by atoms with Crippen LogP contribution in [0.1, 0.15) is 12.6 Å². The van der Waals surface area contributed by atoms with E-state index < -0.39 is 5.97 Å². The van der Waals surface area contributed by atoms with E-state index in [9.17, 15) is 4.79 Å². The minimum Gasteiger partial charge on any atom is -0.480 e. The van der Waals surface area contributed by atoms with Crippen LogP contribution in [0.25, 0.3) is 0 Å². The molecule has 82 valence electrons. The summed E-state index contributed by atoms with van der Waals surface area (Å²) in [5.41, 5.74) is 0.554. The smallest absolute Gasteiger partial charge is 0.344 e. The van der Waals surface area contributed by atoms with Gasteiger partial charge in [0.25, 0.3) is 0 Å². The van der Waals surface area contributed by atoms with Gasteiger partial charge < -0.3 is 14.6 Å². The monoisotopic (exact) mass is 211 g/mol. The van der Waals surface area contributed by atoms with E-state index in [0.717, 1.165) is 0 Å². The number of nitrogens with zero attached hydrogens (tertiary/aromatic N) is 1. The van der Waals surface area contributed by atoms with Crippen LogP contribution in [0.4, 0.5) is 0 Å². The van der Waals surface area contributed by atoms with Gasteiger partial charge in [0.05, 0.1) is 25.1 Å². The second kappa shape index (κ2) is 5.98. The van der Waals surface area contributed by atoms with Crippen LogP contribution in [0.5, 0.6) is 5.75 Å². The third-order valence-electron chi connectivity index (χ3n) is 1.62. The molecule has 1 heterocycles. The summed E-state index contributed by atoms with van der Waals surface area (Å²) in [6.45, 7) is 1.82. The molecule has 0 aliphatic rings. The van der Waals surface area contributed by atoms with E-state index in [4.69, 9.17) is 9.84 Å². The fourth-order valence-corrected chi connectivity index (χ4v) is 0.935. The zero-order valence-corrected chi connectivity index (χ0v) is 8.47. The first-order chi connectivity index (χ1) is 7.26. The Bertz CT molecular complexity index is 310. The van der Waals surface area contributed by atoms with E-state index in [-0.39, 0.29) is 13.2 Å². The summed E-state index contributed by atoms with van der Waals surface area (Å²) in [5.74, 6) is 0.0592. The minimum absolute atomic E-state index is 0.113. The lowest BCUT2D eigenvalue weighted by Crippen LogP contribution is -2.14. The van der Waals surface area contributed by atoms with E-state index in [1.807, 2.05) is 0 Å². The molecule has 0 atom stereocenters. The third kappa shape index (κ3) is 3.95. The molecule has 0 aliphatic carbocycles. The first kappa shape index (κ1) is 11.5. The Balaban J connectivity index is 2.40. The lowest BCUT2D eigenvalue weighted by atomic mass is 10.3. The van der Waals surface area contributed by atoms with Crippen molar-refractivity contribution >= 4 is 5.97 Å². The molecule has 15 heavy (non-hydrogen) atoms. The molecule has 0 saturated carbocycles. The number of carbonyl (C=O) groups excluding carboxylic acids is 1. The third-order valence-corrected chi connectivity index (χ3v) is 1.62. The first-order valence-corrected chi connectivity index (χ1v) is 4.60. The summed E-state index contributed by atoms with van der Waals surface area (Å²) in [4.78, 5) is 14.8. The van der Waals surface area contributed by atoms with E-state index >= 15 is 0 Å². The van der Waals surface area contributed by atoms with Gasteiger partial charge in [-0.05, 0) is 19.1 Å². The molecule has 1 aromatic heterocycles. The predicted octanol–water partition coefficient (Wildman–Crippen LogP) is 0.516. The van der Waals surface area contributed by atoms with Gasteiger partial charge in [0.2, 0.25) is 0 Å². The lowest BCUT2D eigenvalue weighted by molar-refractivity contribution is -0.145. The highest BCUT2D eigenvalue weighted by Crippen LogP contribution is 2.08. The molecule has 0 amide bonds. The highest BCUT2D eigenvalue weighted by Gasteiger charge is 2.02. The van der Waals surface area contributed by atoms with Crippen molar-refractivity contribution in [2.24, 2.45) is 0 Å². The van der Waals surface area contributed by atoms with Gasteiger partial charge in [-0.3, -0.25) is 4.98 Å². The van der Waals surface area contributed by atoms with E-state index in [2.05, 4.69) is 9.72 Å². The van der Waals surface area contributed by atoms with Crippen LogP contribution in [-0.4, -0.2) is 29.3 Å². The first-order valence-electron chi connectivity index (χ1n) is 4.60. The van der Waals surface area contributed by atoms with Crippen molar-refractivity contribution in [3.63, 3.8) is 0 Å². The predicted molar refractivity (Wildman–Crippen MR) is 52.3 cm³/mol. The maximum atomic E-state index is 10.9. The van der Waals surface area contributed by atoms with Crippen LogP contribution in [0.15, 0.2) is 18.3 Å². The largest absolute Gasteiger partial charge is 0.480 e. The maximum Gasteiger partial charge on any atom is 0.344 e. The van der Waals surface area contributed by atoms with Gasteiger partial charge >= 0.3 is 5.97 Å². The summed E-state index contributed by atoms with van der Waals surface area (Å²) in [6.07, 6.45) is 1.45. The molecule has 0 radical (unpaired) electrons. The van der Waals surface area contributed by atoms with Crippen molar-refractivity contribution in [3.05, 3.63) is 24.0 Å². The molecule has 0 unspecified atom stereocenters. The van der Waals surface area contributed by atoms with Crippen LogP contribution in [0.2, 0.25) is 0 Å². The normalized spacial score (nSPS) is 9.73. The molecule has 0 saturated heterocycles. The topological polar surface area (TPSA) is 68.7 Å². The van der Waals surface area contributed by atoms with Crippen molar-refractivity contribution < 1.29 is 19.4 Å². The SMILES string of the molecule is CCOC(=O)COc1ccc(CO)nc1. The Morgan fingerprint density at radius 2 is 2.33 bits per heavy atom. The number of aliphatic hydroxyl groups excluding tert-OH is 1. The number of esters is 1. The van der Waals surface area contributed by atoms with E-state index in [1.54, 1.807) is 19.1 Å². The number of hydrogen-bond acceptors (Lipinski definition) is 5. The number of carbonyl (C=O) groups is 1. The van der Waals surface area contributed by atoms with Gasteiger partial charge in [0.1, 0.15) is 5.75 Å². The molecule has 0 fully saturated rings. The lowest BCUT2D eigenvalue weighted by Gasteiger charge is -2.05. The van der Waals surface area contributed by atoms with Crippen molar-refractivity contribution in [1.82, 2.24) is 4.98 Å². The molecule has 0 aromatic carbocycles. The van der Waals surface area contributed by atoms with Crippen molar-refractivity contribution in [1.29, 1.82) is 0 Å².